The quantitative estimate of drug-likeness (QED) is 0.801. The molecule has 0 saturated heterocycles. The molecule has 5 nitrogen and oxygen atoms in total. The largest absolute Gasteiger partial charge is 0.435 e. The number of alkyl halides is 3. The number of halogens is 3. The molecule has 2 N–H and O–H groups in total. The first-order valence-corrected chi connectivity index (χ1v) is 8.64. The van der Waals surface area contributed by atoms with Crippen LogP contribution in [0.15, 0.2) is 47.5 Å². The first kappa shape index (κ1) is 20.3. The number of amides is 1. The van der Waals surface area contributed by atoms with Crippen molar-refractivity contribution in [1.82, 2.24) is 4.90 Å². The molecule has 0 aromatic heterocycles. The number of guanidine groups is 1. The summed E-state index contributed by atoms with van der Waals surface area (Å²) >= 11 is 0. The zero-order valence-corrected chi connectivity index (χ0v) is 15.7. The number of nitrogens with two attached hydrogens (primary N) is 1. The summed E-state index contributed by atoms with van der Waals surface area (Å²) < 4.78 is 42.1. The lowest BCUT2D eigenvalue weighted by atomic mass is 9.81. The van der Waals surface area contributed by atoms with Crippen molar-refractivity contribution in [3.05, 3.63) is 64.7 Å². The summed E-state index contributed by atoms with van der Waals surface area (Å²) in [7, 11) is 1.50. The van der Waals surface area contributed by atoms with Crippen LogP contribution in [0.4, 0.5) is 13.2 Å². The lowest BCUT2D eigenvalue weighted by molar-refractivity contribution is -0.129. The Morgan fingerprint density at radius 1 is 1.24 bits per heavy atom. The van der Waals surface area contributed by atoms with Crippen LogP contribution in [0.3, 0.4) is 0 Å². The molecule has 150 valence electrons. The van der Waals surface area contributed by atoms with Gasteiger partial charge in [0.2, 0.25) is 0 Å². The predicted octanol–water partition coefficient (Wildman–Crippen LogP) is 2.95. The molecule has 0 unspecified atom stereocenters. The summed E-state index contributed by atoms with van der Waals surface area (Å²) in [4.78, 5) is 18.9. The third-order valence-corrected chi connectivity index (χ3v) is 4.63. The number of ether oxygens (including phenoxy) is 1. The molecule has 1 atom stereocenters. The molecule has 0 saturated carbocycles. The maximum Gasteiger partial charge on any atom is 0.387 e. The number of hydrogen-bond donors (Lipinski definition) is 1. The van der Waals surface area contributed by atoms with E-state index in [1.807, 2.05) is 0 Å². The zero-order chi connectivity index (χ0) is 21.2. The van der Waals surface area contributed by atoms with Crippen LogP contribution < -0.4 is 10.5 Å². The third-order valence-electron chi connectivity index (χ3n) is 4.63. The van der Waals surface area contributed by atoms with Gasteiger partial charge in [0.05, 0.1) is 0 Å². The Bertz CT molecular complexity index is 1040. The molecule has 0 radical (unpaired) electrons. The molecule has 2 aromatic carbocycles. The first-order chi connectivity index (χ1) is 13.8. The number of likely N-dealkylation sites (N-methyl/N-ethyl adjacent to an activating group) is 1. The van der Waals surface area contributed by atoms with Gasteiger partial charge in [-0.3, -0.25) is 9.69 Å². The van der Waals surface area contributed by atoms with E-state index in [0.717, 1.165) is 0 Å². The van der Waals surface area contributed by atoms with Gasteiger partial charge in [0.15, 0.2) is 18.2 Å². The van der Waals surface area contributed by atoms with Gasteiger partial charge in [0, 0.05) is 12.6 Å². The Morgan fingerprint density at radius 3 is 2.55 bits per heavy atom. The Labute approximate surface area is 166 Å². The highest BCUT2D eigenvalue weighted by molar-refractivity contribution is 6.09. The van der Waals surface area contributed by atoms with Crippen molar-refractivity contribution < 1.29 is 22.7 Å². The zero-order valence-electron chi connectivity index (χ0n) is 15.7. The number of carbonyl (C=O) groups is 1. The van der Waals surface area contributed by atoms with Crippen LogP contribution in [0.2, 0.25) is 0 Å². The SMILES string of the molecule is Cc1cc([C@@]2(c3cccc(C#CCF)c3)N=C(N)N(C)C2=O)ccc1OC(F)F. The van der Waals surface area contributed by atoms with Gasteiger partial charge in [-0.1, -0.05) is 30.0 Å². The molecule has 29 heavy (non-hydrogen) atoms. The Balaban J connectivity index is 2.20. The Morgan fingerprint density at radius 2 is 1.97 bits per heavy atom. The van der Waals surface area contributed by atoms with E-state index in [0.29, 0.717) is 22.3 Å². The Kier molecular flexibility index (Phi) is 5.50. The van der Waals surface area contributed by atoms with E-state index >= 15 is 0 Å². The summed E-state index contributed by atoms with van der Waals surface area (Å²) in [5.41, 5.74) is 6.23. The van der Waals surface area contributed by atoms with E-state index in [1.54, 1.807) is 37.3 Å². The summed E-state index contributed by atoms with van der Waals surface area (Å²) in [6.45, 7) is -2.17. The van der Waals surface area contributed by atoms with E-state index in [1.165, 1.54) is 24.1 Å². The highest BCUT2D eigenvalue weighted by Crippen LogP contribution is 2.41. The van der Waals surface area contributed by atoms with Gasteiger partial charge in [-0.15, -0.1) is 0 Å². The minimum atomic E-state index is -2.97. The average molecular weight is 401 g/mol. The number of hydrogen-bond acceptors (Lipinski definition) is 4. The van der Waals surface area contributed by atoms with E-state index in [-0.39, 0.29) is 11.7 Å². The van der Waals surface area contributed by atoms with Gasteiger partial charge in [-0.05, 0) is 47.9 Å². The molecular formula is C21H18F3N3O2. The van der Waals surface area contributed by atoms with E-state index in [2.05, 4.69) is 21.6 Å². The summed E-state index contributed by atoms with van der Waals surface area (Å²) in [5.74, 6) is 4.61. The summed E-state index contributed by atoms with van der Waals surface area (Å²) in [6, 6.07) is 11.1. The normalized spacial score (nSPS) is 18.5. The minimum Gasteiger partial charge on any atom is -0.435 e. The number of benzene rings is 2. The third kappa shape index (κ3) is 3.63. The van der Waals surface area contributed by atoms with Crippen molar-refractivity contribution >= 4 is 11.9 Å². The van der Waals surface area contributed by atoms with Crippen LogP contribution >= 0.6 is 0 Å². The smallest absolute Gasteiger partial charge is 0.387 e. The molecule has 0 spiro atoms. The van der Waals surface area contributed by atoms with Crippen molar-refractivity contribution in [3.8, 4) is 17.6 Å². The molecule has 0 bridgehead atoms. The number of rotatable bonds is 4. The highest BCUT2D eigenvalue weighted by Gasteiger charge is 2.49. The lowest BCUT2D eigenvalue weighted by Gasteiger charge is -2.27. The standard InChI is InChI=1S/C21H18F3N3O2/c1-13-11-16(8-9-17(13)29-19(23)24)21(18(28)27(2)20(25)26-21)15-7-3-5-14(12-15)6-4-10-22/h3,5,7-9,11-12,19H,10H2,1-2H3,(H2,25,26)/t21-/m1/s1. The van der Waals surface area contributed by atoms with Crippen LogP contribution in [0, 0.1) is 18.8 Å². The van der Waals surface area contributed by atoms with Crippen LogP contribution in [-0.4, -0.2) is 37.1 Å². The van der Waals surface area contributed by atoms with Gasteiger partial charge in [0.25, 0.3) is 5.91 Å². The van der Waals surface area contributed by atoms with Gasteiger partial charge >= 0.3 is 6.61 Å². The number of aliphatic imine (C=N–C) groups is 1. The maximum atomic E-state index is 13.2. The van der Waals surface area contributed by atoms with Crippen molar-refractivity contribution in [2.24, 2.45) is 10.7 Å². The van der Waals surface area contributed by atoms with E-state index in [4.69, 9.17) is 5.73 Å². The van der Waals surface area contributed by atoms with Gasteiger partial charge in [0.1, 0.15) is 5.75 Å². The van der Waals surface area contributed by atoms with Crippen molar-refractivity contribution in [2.45, 2.75) is 19.1 Å². The fourth-order valence-corrected chi connectivity index (χ4v) is 3.24. The van der Waals surface area contributed by atoms with Crippen LogP contribution in [0.1, 0.15) is 22.3 Å². The van der Waals surface area contributed by atoms with Crippen LogP contribution in [0.25, 0.3) is 0 Å². The Hall–Kier alpha value is -3.47. The second kappa shape index (κ2) is 7.87. The molecule has 1 aliphatic rings. The molecule has 1 aliphatic heterocycles. The van der Waals surface area contributed by atoms with Crippen molar-refractivity contribution in [3.63, 3.8) is 0 Å². The number of nitrogens with zero attached hydrogens (tertiary/aromatic N) is 2. The molecule has 1 heterocycles. The second-order valence-electron chi connectivity index (χ2n) is 6.42. The van der Waals surface area contributed by atoms with Crippen molar-refractivity contribution in [1.29, 1.82) is 0 Å². The average Bonchev–Trinajstić information content (AvgIpc) is 2.93. The van der Waals surface area contributed by atoms with Crippen molar-refractivity contribution in [2.75, 3.05) is 13.7 Å². The minimum absolute atomic E-state index is 0.00258. The number of aryl methyl sites for hydroxylation is 1. The van der Waals surface area contributed by atoms with Crippen LogP contribution in [-0.2, 0) is 10.3 Å². The molecule has 3 rings (SSSR count). The molecule has 0 fully saturated rings. The van der Waals surface area contributed by atoms with Crippen LogP contribution in [0.5, 0.6) is 5.75 Å². The maximum absolute atomic E-state index is 13.2. The summed E-state index contributed by atoms with van der Waals surface area (Å²) in [6.07, 6.45) is 0. The predicted molar refractivity (Wildman–Crippen MR) is 102 cm³/mol. The second-order valence-corrected chi connectivity index (χ2v) is 6.42. The van der Waals surface area contributed by atoms with E-state index < -0.39 is 24.7 Å². The molecule has 2 aromatic rings. The fourth-order valence-electron chi connectivity index (χ4n) is 3.24. The molecule has 1 amide bonds. The molecular weight excluding hydrogens is 383 g/mol. The lowest BCUT2D eigenvalue weighted by Crippen LogP contribution is -2.41. The number of carbonyl (C=O) groups excluding carboxylic acids is 1. The first-order valence-electron chi connectivity index (χ1n) is 8.64. The monoisotopic (exact) mass is 401 g/mol. The summed E-state index contributed by atoms with van der Waals surface area (Å²) in [5, 5.41) is 0. The molecule has 0 aliphatic carbocycles. The topological polar surface area (TPSA) is 67.9 Å². The van der Waals surface area contributed by atoms with E-state index in [9.17, 15) is 18.0 Å². The fraction of sp³-hybridized carbons (Fsp3) is 0.238. The highest BCUT2D eigenvalue weighted by atomic mass is 19.3. The van der Waals surface area contributed by atoms with Gasteiger partial charge in [-0.25, -0.2) is 9.38 Å². The van der Waals surface area contributed by atoms with Gasteiger partial charge < -0.3 is 10.5 Å². The van der Waals surface area contributed by atoms with Gasteiger partial charge in [-0.2, -0.15) is 8.78 Å². The molecule has 8 heteroatoms.